The molecule has 1 saturated heterocycles. The van der Waals surface area contributed by atoms with Crippen LogP contribution in [0, 0.1) is 5.82 Å². The first-order chi connectivity index (χ1) is 8.59. The van der Waals surface area contributed by atoms with Gasteiger partial charge < -0.3 is 15.6 Å². The Labute approximate surface area is 104 Å². The Bertz CT molecular complexity index is 459. The Morgan fingerprint density at radius 2 is 2.11 bits per heavy atom. The first-order valence-corrected chi connectivity index (χ1v) is 5.75. The summed E-state index contributed by atoms with van der Waals surface area (Å²) in [6.45, 7) is 1.22. The van der Waals surface area contributed by atoms with Gasteiger partial charge in [-0.05, 0) is 30.4 Å². The smallest absolute Gasteiger partial charge is 0.409 e. The number of anilines is 2. The Morgan fingerprint density at radius 3 is 2.72 bits per heavy atom. The predicted molar refractivity (Wildman–Crippen MR) is 65.3 cm³/mol. The molecule has 1 aromatic rings. The first-order valence-electron chi connectivity index (χ1n) is 5.75. The van der Waals surface area contributed by atoms with Crippen molar-refractivity contribution in [3.63, 3.8) is 0 Å². The normalized spacial score (nSPS) is 16.5. The molecule has 0 spiro atoms. The minimum atomic E-state index is -1.26. The third kappa shape index (κ3) is 2.53. The van der Waals surface area contributed by atoms with Gasteiger partial charge in [0.15, 0.2) is 5.82 Å². The summed E-state index contributed by atoms with van der Waals surface area (Å²) in [5, 5.41) is 10.7. The molecule has 0 aromatic heterocycles. The van der Waals surface area contributed by atoms with E-state index in [-0.39, 0.29) is 17.3 Å². The van der Waals surface area contributed by atoms with E-state index in [0.29, 0.717) is 18.8 Å². The summed E-state index contributed by atoms with van der Waals surface area (Å²) in [6, 6.07) is 3.09. The number of ether oxygens (including phenoxy) is 1. The lowest BCUT2D eigenvalue weighted by molar-refractivity contribution is 0.0846. The van der Waals surface area contributed by atoms with Crippen LogP contribution in [0.2, 0.25) is 0 Å². The summed E-state index contributed by atoms with van der Waals surface area (Å²) in [6.07, 6.45) is 0.240. The Balaban J connectivity index is 2.27. The van der Waals surface area contributed by atoms with Gasteiger partial charge in [-0.1, -0.05) is 6.07 Å². The Kier molecular flexibility index (Phi) is 3.66. The molecule has 2 rings (SSSR count). The summed E-state index contributed by atoms with van der Waals surface area (Å²) in [5.41, 5.74) is 6.07. The lowest BCUT2D eigenvalue weighted by Crippen LogP contribution is -2.17. The number of hydrogen-bond acceptors (Lipinski definition) is 3. The van der Waals surface area contributed by atoms with Crippen molar-refractivity contribution in [1.82, 2.24) is 0 Å². The molecule has 1 aliphatic rings. The van der Waals surface area contributed by atoms with E-state index in [1.165, 1.54) is 6.07 Å². The van der Waals surface area contributed by atoms with Gasteiger partial charge in [-0.15, -0.1) is 0 Å². The van der Waals surface area contributed by atoms with E-state index in [2.05, 4.69) is 5.32 Å². The van der Waals surface area contributed by atoms with Crippen molar-refractivity contribution in [2.24, 2.45) is 0 Å². The fourth-order valence-corrected chi connectivity index (χ4v) is 2.16. The van der Waals surface area contributed by atoms with Gasteiger partial charge in [-0.3, -0.25) is 5.32 Å². The van der Waals surface area contributed by atoms with Crippen molar-refractivity contribution < 1.29 is 19.0 Å². The van der Waals surface area contributed by atoms with Gasteiger partial charge in [0.05, 0.1) is 11.4 Å². The van der Waals surface area contributed by atoms with Crippen molar-refractivity contribution in [3.8, 4) is 0 Å². The van der Waals surface area contributed by atoms with Crippen molar-refractivity contribution in [2.45, 2.75) is 18.8 Å². The number of hydrogen-bond donors (Lipinski definition) is 3. The van der Waals surface area contributed by atoms with Gasteiger partial charge in [0.2, 0.25) is 0 Å². The molecule has 0 bridgehead atoms. The maximum atomic E-state index is 14.1. The number of carboxylic acid groups (broad SMARTS) is 1. The van der Waals surface area contributed by atoms with Gasteiger partial charge in [0.1, 0.15) is 0 Å². The highest BCUT2D eigenvalue weighted by molar-refractivity contribution is 5.87. The zero-order valence-corrected chi connectivity index (χ0v) is 9.78. The highest BCUT2D eigenvalue weighted by atomic mass is 19.1. The Morgan fingerprint density at radius 1 is 1.44 bits per heavy atom. The number of rotatable bonds is 2. The molecule has 4 N–H and O–H groups in total. The molecule has 0 unspecified atom stereocenters. The topological polar surface area (TPSA) is 84.6 Å². The number of nitrogens with two attached hydrogens (primary N) is 1. The molecule has 1 heterocycles. The fourth-order valence-electron chi connectivity index (χ4n) is 2.16. The van der Waals surface area contributed by atoms with Gasteiger partial charge in [0, 0.05) is 13.2 Å². The minimum absolute atomic E-state index is 0.0795. The van der Waals surface area contributed by atoms with Crippen molar-refractivity contribution in [2.75, 3.05) is 24.3 Å². The maximum absolute atomic E-state index is 14.1. The molecule has 0 saturated carbocycles. The number of halogens is 1. The van der Waals surface area contributed by atoms with E-state index >= 15 is 0 Å². The lowest BCUT2D eigenvalue weighted by atomic mass is 9.90. The van der Waals surface area contributed by atoms with Gasteiger partial charge >= 0.3 is 6.09 Å². The third-order valence-corrected chi connectivity index (χ3v) is 3.11. The van der Waals surface area contributed by atoms with Gasteiger partial charge in [-0.25, -0.2) is 9.18 Å². The molecule has 1 amide bonds. The summed E-state index contributed by atoms with van der Waals surface area (Å²) < 4.78 is 19.3. The number of nitrogen functional groups attached to an aromatic ring is 1. The molecular weight excluding hydrogens is 239 g/mol. The second-order valence-corrected chi connectivity index (χ2v) is 4.25. The van der Waals surface area contributed by atoms with E-state index in [1.54, 1.807) is 6.07 Å². The zero-order valence-electron chi connectivity index (χ0n) is 9.78. The van der Waals surface area contributed by atoms with Gasteiger partial charge in [-0.2, -0.15) is 0 Å². The van der Waals surface area contributed by atoms with E-state index < -0.39 is 11.9 Å². The van der Waals surface area contributed by atoms with Crippen LogP contribution >= 0.6 is 0 Å². The SMILES string of the molecule is Nc1c(NC(=O)O)ccc(C2CCOCC2)c1F. The van der Waals surface area contributed by atoms with Crippen LogP contribution in [0.3, 0.4) is 0 Å². The quantitative estimate of drug-likeness (QED) is 0.707. The van der Waals surface area contributed by atoms with E-state index in [4.69, 9.17) is 15.6 Å². The van der Waals surface area contributed by atoms with E-state index in [1.807, 2.05) is 0 Å². The van der Waals surface area contributed by atoms with Crippen LogP contribution in [0.5, 0.6) is 0 Å². The molecular formula is C12H15FN2O3. The number of nitrogens with one attached hydrogen (secondary N) is 1. The molecule has 0 radical (unpaired) electrons. The standard InChI is InChI=1S/C12H15FN2O3/c13-10-8(7-3-5-18-6-4-7)1-2-9(11(10)14)15-12(16)17/h1-2,7,15H,3-6,14H2,(H,16,17). The van der Waals surface area contributed by atoms with Crippen LogP contribution in [0.4, 0.5) is 20.6 Å². The molecule has 98 valence electrons. The summed E-state index contributed by atoms with van der Waals surface area (Å²) >= 11 is 0. The van der Waals surface area contributed by atoms with Crippen molar-refractivity contribution >= 4 is 17.5 Å². The molecule has 1 aromatic carbocycles. The number of amides is 1. The van der Waals surface area contributed by atoms with Crippen LogP contribution in [-0.2, 0) is 4.74 Å². The predicted octanol–water partition coefficient (Wildman–Crippen LogP) is 2.39. The molecule has 5 nitrogen and oxygen atoms in total. The van der Waals surface area contributed by atoms with E-state index in [9.17, 15) is 9.18 Å². The summed E-state index contributed by atoms with van der Waals surface area (Å²) in [4.78, 5) is 10.5. The van der Waals surface area contributed by atoms with E-state index in [0.717, 1.165) is 12.8 Å². The highest BCUT2D eigenvalue weighted by Crippen LogP contribution is 2.34. The number of benzene rings is 1. The largest absolute Gasteiger partial charge is 0.465 e. The second-order valence-electron chi connectivity index (χ2n) is 4.25. The van der Waals surface area contributed by atoms with Crippen LogP contribution < -0.4 is 11.1 Å². The molecule has 1 fully saturated rings. The van der Waals surface area contributed by atoms with Crippen molar-refractivity contribution in [3.05, 3.63) is 23.5 Å². The zero-order chi connectivity index (χ0) is 13.1. The molecule has 0 aliphatic carbocycles. The van der Waals surface area contributed by atoms with Crippen LogP contribution in [0.15, 0.2) is 12.1 Å². The second kappa shape index (κ2) is 5.22. The van der Waals surface area contributed by atoms with Crippen molar-refractivity contribution in [1.29, 1.82) is 0 Å². The fraction of sp³-hybridized carbons (Fsp3) is 0.417. The monoisotopic (exact) mass is 254 g/mol. The van der Waals surface area contributed by atoms with Crippen LogP contribution in [0.25, 0.3) is 0 Å². The molecule has 6 heteroatoms. The molecule has 0 atom stereocenters. The Hall–Kier alpha value is -1.82. The average molecular weight is 254 g/mol. The summed E-state index contributed by atoms with van der Waals surface area (Å²) in [5.74, 6) is -0.451. The molecule has 18 heavy (non-hydrogen) atoms. The first kappa shape index (κ1) is 12.6. The minimum Gasteiger partial charge on any atom is -0.465 e. The molecule has 1 aliphatic heterocycles. The van der Waals surface area contributed by atoms with Gasteiger partial charge in [0.25, 0.3) is 0 Å². The van der Waals surface area contributed by atoms with Crippen LogP contribution in [-0.4, -0.2) is 24.4 Å². The maximum Gasteiger partial charge on any atom is 0.409 e. The lowest BCUT2D eigenvalue weighted by Gasteiger charge is -2.23. The third-order valence-electron chi connectivity index (χ3n) is 3.11. The summed E-state index contributed by atoms with van der Waals surface area (Å²) in [7, 11) is 0. The number of carbonyl (C=O) groups is 1. The highest BCUT2D eigenvalue weighted by Gasteiger charge is 2.21. The van der Waals surface area contributed by atoms with Crippen LogP contribution in [0.1, 0.15) is 24.3 Å². The average Bonchev–Trinajstić information content (AvgIpc) is 2.36.